The van der Waals surface area contributed by atoms with E-state index in [0.29, 0.717) is 12.5 Å². The van der Waals surface area contributed by atoms with Crippen LogP contribution in [0.2, 0.25) is 0 Å². The van der Waals surface area contributed by atoms with Gasteiger partial charge in [0.2, 0.25) is 5.91 Å². The molecule has 2 aliphatic carbocycles. The maximum Gasteiger partial charge on any atom is 0.325 e. The third-order valence-corrected chi connectivity index (χ3v) is 4.41. The van der Waals surface area contributed by atoms with E-state index in [1.807, 2.05) is 6.92 Å². The molecule has 0 aliphatic heterocycles. The summed E-state index contributed by atoms with van der Waals surface area (Å²) in [6, 6.07) is 0. The van der Waals surface area contributed by atoms with Crippen molar-refractivity contribution in [2.75, 3.05) is 20.2 Å². The maximum atomic E-state index is 12.5. The van der Waals surface area contributed by atoms with E-state index in [2.05, 4.69) is 4.74 Å². The van der Waals surface area contributed by atoms with Gasteiger partial charge in [-0.05, 0) is 37.5 Å². The molecule has 0 spiro atoms. The molecule has 2 aliphatic rings. The predicted molar refractivity (Wildman–Crippen MR) is 67.8 cm³/mol. The van der Waals surface area contributed by atoms with Crippen LogP contribution in [0, 0.1) is 17.8 Å². The second-order valence-electron chi connectivity index (χ2n) is 5.62. The summed E-state index contributed by atoms with van der Waals surface area (Å²) in [5.41, 5.74) is 0. The van der Waals surface area contributed by atoms with E-state index in [1.54, 1.807) is 4.90 Å². The second kappa shape index (κ2) is 5.72. The molecular formula is C14H23NO3. The van der Waals surface area contributed by atoms with Crippen molar-refractivity contribution < 1.29 is 14.3 Å². The Morgan fingerprint density at radius 3 is 2.56 bits per heavy atom. The molecule has 0 aromatic heterocycles. The topological polar surface area (TPSA) is 46.6 Å². The minimum Gasteiger partial charge on any atom is -0.468 e. The van der Waals surface area contributed by atoms with E-state index in [1.165, 1.54) is 26.4 Å². The molecule has 18 heavy (non-hydrogen) atoms. The number of rotatable bonds is 5. The van der Waals surface area contributed by atoms with Crippen molar-refractivity contribution in [3.63, 3.8) is 0 Å². The Morgan fingerprint density at radius 2 is 2.06 bits per heavy atom. The average molecular weight is 253 g/mol. The summed E-state index contributed by atoms with van der Waals surface area (Å²) in [6.45, 7) is 2.79. The first kappa shape index (κ1) is 13.4. The van der Waals surface area contributed by atoms with Crippen LogP contribution in [-0.2, 0) is 14.3 Å². The molecule has 1 amide bonds. The molecular weight excluding hydrogens is 230 g/mol. The fraction of sp³-hybridized carbons (Fsp3) is 0.857. The number of hydrogen-bond donors (Lipinski definition) is 0. The molecule has 2 rings (SSSR count). The Bertz CT molecular complexity index is 329. The van der Waals surface area contributed by atoms with E-state index >= 15 is 0 Å². The number of hydrogen-bond acceptors (Lipinski definition) is 3. The van der Waals surface area contributed by atoms with Gasteiger partial charge < -0.3 is 9.64 Å². The number of nitrogens with zero attached hydrogens (tertiary/aromatic N) is 1. The van der Waals surface area contributed by atoms with Gasteiger partial charge in [-0.2, -0.15) is 0 Å². The number of carbonyl (C=O) groups is 2. The van der Waals surface area contributed by atoms with Gasteiger partial charge in [0, 0.05) is 12.5 Å². The minimum atomic E-state index is -0.319. The molecule has 2 bridgehead atoms. The number of amides is 1. The highest BCUT2D eigenvalue weighted by Gasteiger charge is 2.44. The highest BCUT2D eigenvalue weighted by Crippen LogP contribution is 2.48. The molecule has 4 heteroatoms. The highest BCUT2D eigenvalue weighted by atomic mass is 16.5. The Balaban J connectivity index is 1.97. The van der Waals surface area contributed by atoms with Gasteiger partial charge in [-0.3, -0.25) is 9.59 Å². The van der Waals surface area contributed by atoms with Crippen molar-refractivity contribution in [2.45, 2.75) is 39.0 Å². The molecule has 0 N–H and O–H groups in total. The lowest BCUT2D eigenvalue weighted by molar-refractivity contribution is -0.149. The van der Waals surface area contributed by atoms with Crippen LogP contribution in [0.25, 0.3) is 0 Å². The van der Waals surface area contributed by atoms with Crippen LogP contribution < -0.4 is 0 Å². The van der Waals surface area contributed by atoms with Crippen LogP contribution in [0.1, 0.15) is 39.0 Å². The smallest absolute Gasteiger partial charge is 0.325 e. The third kappa shape index (κ3) is 2.68. The highest BCUT2D eigenvalue weighted by molar-refractivity contribution is 5.84. The molecule has 2 saturated carbocycles. The van der Waals surface area contributed by atoms with E-state index < -0.39 is 0 Å². The zero-order valence-electron chi connectivity index (χ0n) is 11.4. The quantitative estimate of drug-likeness (QED) is 0.702. The maximum absolute atomic E-state index is 12.5. The summed E-state index contributed by atoms with van der Waals surface area (Å²) in [6.07, 6.45) is 5.61. The van der Waals surface area contributed by atoms with Gasteiger partial charge in [0.1, 0.15) is 6.54 Å². The molecule has 0 aromatic carbocycles. The average Bonchev–Trinajstić information content (AvgIpc) is 2.99. The van der Waals surface area contributed by atoms with E-state index in [0.717, 1.165) is 18.8 Å². The Hall–Kier alpha value is -1.06. The van der Waals surface area contributed by atoms with Gasteiger partial charge in [0.15, 0.2) is 0 Å². The molecule has 3 unspecified atom stereocenters. The Morgan fingerprint density at radius 1 is 1.28 bits per heavy atom. The number of esters is 1. The van der Waals surface area contributed by atoms with Gasteiger partial charge >= 0.3 is 5.97 Å². The summed E-state index contributed by atoms with van der Waals surface area (Å²) in [4.78, 5) is 25.5. The van der Waals surface area contributed by atoms with Crippen molar-refractivity contribution in [1.29, 1.82) is 0 Å². The second-order valence-corrected chi connectivity index (χ2v) is 5.62. The summed E-state index contributed by atoms with van der Waals surface area (Å²) >= 11 is 0. The van der Waals surface area contributed by atoms with Crippen molar-refractivity contribution >= 4 is 11.9 Å². The van der Waals surface area contributed by atoms with Gasteiger partial charge in [-0.25, -0.2) is 0 Å². The van der Waals surface area contributed by atoms with E-state index in [4.69, 9.17) is 0 Å². The normalized spacial score (nSPS) is 29.3. The van der Waals surface area contributed by atoms with Crippen LogP contribution in [0.4, 0.5) is 0 Å². The summed E-state index contributed by atoms with van der Waals surface area (Å²) in [5, 5.41) is 0. The molecule has 4 nitrogen and oxygen atoms in total. The third-order valence-electron chi connectivity index (χ3n) is 4.41. The van der Waals surface area contributed by atoms with Crippen molar-refractivity contribution in [1.82, 2.24) is 4.90 Å². The molecule has 0 aromatic rings. The van der Waals surface area contributed by atoms with Crippen LogP contribution in [0.15, 0.2) is 0 Å². The molecule has 3 atom stereocenters. The summed E-state index contributed by atoms with van der Waals surface area (Å²) in [5.74, 6) is 1.35. The molecule has 0 heterocycles. The van der Waals surface area contributed by atoms with Gasteiger partial charge in [-0.15, -0.1) is 0 Å². The summed E-state index contributed by atoms with van der Waals surface area (Å²) < 4.78 is 4.67. The van der Waals surface area contributed by atoms with Crippen LogP contribution in [-0.4, -0.2) is 37.0 Å². The Kier molecular flexibility index (Phi) is 4.25. The van der Waals surface area contributed by atoms with Crippen molar-refractivity contribution in [3.8, 4) is 0 Å². The molecule has 0 saturated heterocycles. The van der Waals surface area contributed by atoms with E-state index in [-0.39, 0.29) is 24.3 Å². The lowest BCUT2D eigenvalue weighted by atomic mass is 9.87. The van der Waals surface area contributed by atoms with Gasteiger partial charge in [0.05, 0.1) is 7.11 Å². The SMILES string of the molecule is CCCN(CC(=O)OC)C(=O)C1CC2CCC1C2. The van der Waals surface area contributed by atoms with Crippen LogP contribution >= 0.6 is 0 Å². The minimum absolute atomic E-state index is 0.108. The molecule has 2 fully saturated rings. The Labute approximate surface area is 109 Å². The zero-order chi connectivity index (χ0) is 13.1. The van der Waals surface area contributed by atoms with Crippen molar-refractivity contribution in [2.24, 2.45) is 17.8 Å². The first-order valence-electron chi connectivity index (χ1n) is 7.01. The first-order valence-corrected chi connectivity index (χ1v) is 7.01. The van der Waals surface area contributed by atoms with Gasteiger partial charge in [-0.1, -0.05) is 13.3 Å². The predicted octanol–water partition coefficient (Wildman–Crippen LogP) is 1.83. The van der Waals surface area contributed by atoms with Crippen LogP contribution in [0.3, 0.4) is 0 Å². The number of ether oxygens (including phenoxy) is 1. The number of carbonyl (C=O) groups excluding carboxylic acids is 2. The fourth-order valence-corrected chi connectivity index (χ4v) is 3.54. The fourth-order valence-electron chi connectivity index (χ4n) is 3.54. The molecule has 0 radical (unpaired) electrons. The number of fused-ring (bicyclic) bond motifs is 2. The number of methoxy groups -OCH3 is 1. The van der Waals surface area contributed by atoms with E-state index in [9.17, 15) is 9.59 Å². The molecule has 102 valence electrons. The van der Waals surface area contributed by atoms with Crippen molar-refractivity contribution in [3.05, 3.63) is 0 Å². The standard InChI is InChI=1S/C14H23NO3/c1-3-6-15(9-13(16)18-2)14(17)12-8-10-4-5-11(12)7-10/h10-12H,3-9H2,1-2H3. The first-order chi connectivity index (χ1) is 8.65. The van der Waals surface area contributed by atoms with Gasteiger partial charge in [0.25, 0.3) is 0 Å². The summed E-state index contributed by atoms with van der Waals surface area (Å²) in [7, 11) is 1.37. The van der Waals surface area contributed by atoms with Crippen LogP contribution in [0.5, 0.6) is 0 Å². The zero-order valence-corrected chi connectivity index (χ0v) is 11.4. The lowest BCUT2D eigenvalue weighted by Gasteiger charge is -2.28. The lowest BCUT2D eigenvalue weighted by Crippen LogP contribution is -2.42. The largest absolute Gasteiger partial charge is 0.468 e. The monoisotopic (exact) mass is 253 g/mol.